The standard InChI is InChI=1S/C15H18F3N5/c1-10-9-12(19-8-7-11-5-3-2-4-6-11)23-14(20-10)21-13(22-23)15(16,17)18/h5,9,19H,2-4,6-8H2,1H3. The van der Waals surface area contributed by atoms with E-state index in [4.69, 9.17) is 0 Å². The number of nitrogens with one attached hydrogen (secondary N) is 1. The van der Waals surface area contributed by atoms with E-state index in [1.165, 1.54) is 18.4 Å². The molecule has 0 bridgehead atoms. The summed E-state index contributed by atoms with van der Waals surface area (Å²) in [4.78, 5) is 7.47. The Bertz CT molecular complexity index is 733. The van der Waals surface area contributed by atoms with Crippen LogP contribution in [0.4, 0.5) is 19.0 Å². The first-order chi connectivity index (χ1) is 10.9. The predicted octanol–water partition coefficient (Wildman–Crippen LogP) is 3.75. The van der Waals surface area contributed by atoms with Gasteiger partial charge in [-0.15, -0.1) is 5.10 Å². The third kappa shape index (κ3) is 3.62. The summed E-state index contributed by atoms with van der Waals surface area (Å²) < 4.78 is 39.4. The maximum Gasteiger partial charge on any atom is 0.453 e. The van der Waals surface area contributed by atoms with Gasteiger partial charge in [-0.3, -0.25) is 0 Å². The molecule has 0 fully saturated rings. The highest BCUT2D eigenvalue weighted by atomic mass is 19.4. The molecule has 0 unspecified atom stereocenters. The van der Waals surface area contributed by atoms with Gasteiger partial charge in [0, 0.05) is 18.3 Å². The van der Waals surface area contributed by atoms with Crippen molar-refractivity contribution in [1.82, 2.24) is 19.6 Å². The molecule has 8 heteroatoms. The first-order valence-electron chi connectivity index (χ1n) is 7.67. The summed E-state index contributed by atoms with van der Waals surface area (Å²) in [7, 11) is 0. The second-order valence-corrected chi connectivity index (χ2v) is 5.71. The lowest BCUT2D eigenvalue weighted by Crippen LogP contribution is -2.10. The fourth-order valence-corrected chi connectivity index (χ4v) is 2.72. The highest BCUT2D eigenvalue weighted by molar-refractivity contribution is 5.45. The molecule has 1 N–H and O–H groups in total. The number of hydrogen-bond acceptors (Lipinski definition) is 4. The van der Waals surface area contributed by atoms with E-state index in [-0.39, 0.29) is 5.78 Å². The molecule has 0 saturated heterocycles. The first kappa shape index (κ1) is 15.8. The van der Waals surface area contributed by atoms with E-state index in [0.29, 0.717) is 18.1 Å². The van der Waals surface area contributed by atoms with E-state index in [1.807, 2.05) is 0 Å². The third-order valence-corrected chi connectivity index (χ3v) is 3.83. The van der Waals surface area contributed by atoms with Crippen molar-refractivity contribution in [1.29, 1.82) is 0 Å². The highest BCUT2D eigenvalue weighted by Crippen LogP contribution is 2.27. The van der Waals surface area contributed by atoms with Gasteiger partial charge in [-0.05, 0) is 39.0 Å². The van der Waals surface area contributed by atoms with Crippen LogP contribution in [-0.2, 0) is 6.18 Å². The summed E-state index contributed by atoms with van der Waals surface area (Å²) in [6, 6.07) is 1.68. The number of anilines is 1. The van der Waals surface area contributed by atoms with Gasteiger partial charge in [0.2, 0.25) is 0 Å². The highest BCUT2D eigenvalue weighted by Gasteiger charge is 2.36. The van der Waals surface area contributed by atoms with Crippen LogP contribution in [0.3, 0.4) is 0 Å². The molecule has 0 aromatic carbocycles. The van der Waals surface area contributed by atoms with Gasteiger partial charge in [-0.25, -0.2) is 4.98 Å². The minimum absolute atomic E-state index is 0.0447. The molecule has 1 aliphatic carbocycles. The molecule has 1 aliphatic rings. The molecule has 0 radical (unpaired) electrons. The topological polar surface area (TPSA) is 55.1 Å². The molecule has 0 spiro atoms. The first-order valence-corrected chi connectivity index (χ1v) is 7.67. The van der Waals surface area contributed by atoms with Crippen LogP contribution < -0.4 is 5.32 Å². The van der Waals surface area contributed by atoms with Crippen LogP contribution in [0.1, 0.15) is 43.6 Å². The summed E-state index contributed by atoms with van der Waals surface area (Å²) in [5, 5.41) is 6.68. The van der Waals surface area contributed by atoms with Crippen molar-refractivity contribution < 1.29 is 13.2 Å². The number of halogens is 3. The largest absolute Gasteiger partial charge is 0.453 e. The number of fused-ring (bicyclic) bond motifs is 1. The minimum atomic E-state index is -4.58. The summed E-state index contributed by atoms with van der Waals surface area (Å²) in [6.07, 6.45) is 3.23. The maximum atomic E-state index is 12.8. The van der Waals surface area contributed by atoms with Gasteiger partial charge >= 0.3 is 6.18 Å². The fraction of sp³-hybridized carbons (Fsp3) is 0.533. The van der Waals surface area contributed by atoms with Crippen LogP contribution in [-0.4, -0.2) is 26.1 Å². The molecule has 0 atom stereocenters. The van der Waals surface area contributed by atoms with Gasteiger partial charge in [-0.2, -0.15) is 22.7 Å². The zero-order chi connectivity index (χ0) is 16.4. The Morgan fingerprint density at radius 2 is 2.09 bits per heavy atom. The van der Waals surface area contributed by atoms with Crippen molar-refractivity contribution in [2.75, 3.05) is 11.9 Å². The molecule has 5 nitrogen and oxygen atoms in total. The molecule has 2 aromatic rings. The fourth-order valence-electron chi connectivity index (χ4n) is 2.72. The van der Waals surface area contributed by atoms with Crippen LogP contribution >= 0.6 is 0 Å². The Kier molecular flexibility index (Phi) is 4.23. The van der Waals surface area contributed by atoms with E-state index in [0.717, 1.165) is 23.8 Å². The number of aryl methyl sites for hydroxylation is 1. The Balaban J connectivity index is 1.79. The summed E-state index contributed by atoms with van der Waals surface area (Å²) in [5.74, 6) is -0.739. The maximum absolute atomic E-state index is 12.8. The SMILES string of the molecule is Cc1cc(NCCC2=CCCCC2)n2nc(C(F)(F)F)nc2n1. The quantitative estimate of drug-likeness (QED) is 0.870. The molecular formula is C15H18F3N5. The van der Waals surface area contributed by atoms with Crippen molar-refractivity contribution in [3.63, 3.8) is 0 Å². The van der Waals surface area contributed by atoms with Crippen LogP contribution in [0.15, 0.2) is 17.7 Å². The number of rotatable bonds is 4. The summed E-state index contributed by atoms with van der Waals surface area (Å²) >= 11 is 0. The van der Waals surface area contributed by atoms with Crippen molar-refractivity contribution >= 4 is 11.6 Å². The lowest BCUT2D eigenvalue weighted by Gasteiger charge is -2.14. The lowest BCUT2D eigenvalue weighted by molar-refractivity contribution is -0.144. The molecule has 0 saturated carbocycles. The van der Waals surface area contributed by atoms with Crippen LogP contribution in [0.5, 0.6) is 0 Å². The average Bonchev–Trinajstić information content (AvgIpc) is 2.92. The zero-order valence-corrected chi connectivity index (χ0v) is 12.8. The Hall–Kier alpha value is -2.12. The predicted molar refractivity (Wildman–Crippen MR) is 80.2 cm³/mol. The number of nitrogens with zero attached hydrogens (tertiary/aromatic N) is 4. The summed E-state index contributed by atoms with van der Waals surface area (Å²) in [6.45, 7) is 2.36. The second-order valence-electron chi connectivity index (χ2n) is 5.71. The van der Waals surface area contributed by atoms with Crippen LogP contribution in [0.25, 0.3) is 5.78 Å². The Morgan fingerprint density at radius 3 is 2.78 bits per heavy atom. The minimum Gasteiger partial charge on any atom is -0.370 e. The molecule has 2 heterocycles. The lowest BCUT2D eigenvalue weighted by atomic mass is 9.97. The van der Waals surface area contributed by atoms with Crippen LogP contribution in [0.2, 0.25) is 0 Å². The van der Waals surface area contributed by atoms with Crippen molar-refractivity contribution in [3.8, 4) is 0 Å². The van der Waals surface area contributed by atoms with Gasteiger partial charge in [0.15, 0.2) is 0 Å². The van der Waals surface area contributed by atoms with E-state index < -0.39 is 12.0 Å². The molecular weight excluding hydrogens is 307 g/mol. The Morgan fingerprint density at radius 1 is 1.26 bits per heavy atom. The average molecular weight is 325 g/mol. The van der Waals surface area contributed by atoms with Gasteiger partial charge < -0.3 is 5.32 Å². The number of alkyl halides is 3. The second kappa shape index (κ2) is 6.17. The van der Waals surface area contributed by atoms with Gasteiger partial charge in [0.25, 0.3) is 11.6 Å². The Labute approximate surface area is 131 Å². The van der Waals surface area contributed by atoms with Gasteiger partial charge in [-0.1, -0.05) is 11.6 Å². The van der Waals surface area contributed by atoms with E-state index in [2.05, 4.69) is 26.5 Å². The molecule has 124 valence electrons. The van der Waals surface area contributed by atoms with Crippen molar-refractivity contribution in [2.45, 2.75) is 45.2 Å². The molecule has 23 heavy (non-hydrogen) atoms. The summed E-state index contributed by atoms with van der Waals surface area (Å²) in [5.41, 5.74) is 2.00. The monoisotopic (exact) mass is 325 g/mol. The molecule has 0 aliphatic heterocycles. The van der Waals surface area contributed by atoms with Gasteiger partial charge in [0.05, 0.1) is 0 Å². The molecule has 3 rings (SSSR count). The smallest absolute Gasteiger partial charge is 0.370 e. The van der Waals surface area contributed by atoms with Crippen molar-refractivity contribution in [2.24, 2.45) is 0 Å². The van der Waals surface area contributed by atoms with E-state index >= 15 is 0 Å². The zero-order valence-electron chi connectivity index (χ0n) is 12.8. The van der Waals surface area contributed by atoms with Gasteiger partial charge in [0.1, 0.15) is 5.82 Å². The van der Waals surface area contributed by atoms with Crippen molar-refractivity contribution in [3.05, 3.63) is 29.2 Å². The number of hydrogen-bond donors (Lipinski definition) is 1. The number of allylic oxidation sites excluding steroid dienone is 1. The molecule has 2 aromatic heterocycles. The van der Waals surface area contributed by atoms with E-state index in [9.17, 15) is 13.2 Å². The number of aromatic nitrogens is 4. The normalized spacial score (nSPS) is 15.7. The van der Waals surface area contributed by atoms with E-state index in [1.54, 1.807) is 13.0 Å². The van der Waals surface area contributed by atoms with Crippen LogP contribution in [0, 0.1) is 6.92 Å². The third-order valence-electron chi connectivity index (χ3n) is 3.83. The molecule has 0 amide bonds.